The number of nitrogens with zero attached hydrogens (tertiary/aromatic N) is 2. The highest BCUT2D eigenvalue weighted by Gasteiger charge is 2.18. The second kappa shape index (κ2) is 8.67. The molecule has 0 spiro atoms. The standard InChI is InChI=1S/C27H27N3O4/c1-27(2,3)18-13-11-17(12-14-18)24(31)28-20-15-21-22(30(5)26(33)25(32)29(21)4)16-23(20)34-19-9-7-6-8-10-19/h6-16H,1-5H3,(H,28,31). The Kier molecular flexibility index (Phi) is 5.87. The van der Waals surface area contributed by atoms with Crippen molar-refractivity contribution in [3.05, 3.63) is 98.6 Å². The zero-order chi connectivity index (χ0) is 24.6. The summed E-state index contributed by atoms with van der Waals surface area (Å²) in [6, 6.07) is 19.9. The molecule has 0 unspecified atom stereocenters. The van der Waals surface area contributed by atoms with Crippen molar-refractivity contribution in [2.75, 3.05) is 5.32 Å². The summed E-state index contributed by atoms with van der Waals surface area (Å²) in [7, 11) is 3.06. The van der Waals surface area contributed by atoms with Gasteiger partial charge < -0.3 is 19.2 Å². The molecule has 0 aliphatic carbocycles. The van der Waals surface area contributed by atoms with Crippen LogP contribution in [-0.2, 0) is 19.5 Å². The average molecular weight is 458 g/mol. The fourth-order valence-electron chi connectivity index (χ4n) is 3.71. The molecule has 1 heterocycles. The largest absolute Gasteiger partial charge is 0.455 e. The molecule has 0 saturated heterocycles. The molecule has 1 N–H and O–H groups in total. The van der Waals surface area contributed by atoms with E-state index in [1.807, 2.05) is 30.3 Å². The summed E-state index contributed by atoms with van der Waals surface area (Å²) in [6.07, 6.45) is 0. The molecular weight excluding hydrogens is 430 g/mol. The molecular formula is C27H27N3O4. The first-order valence-electron chi connectivity index (χ1n) is 10.9. The van der Waals surface area contributed by atoms with Crippen LogP contribution in [0, 0.1) is 0 Å². The smallest absolute Gasteiger partial charge is 0.316 e. The number of hydrogen-bond donors (Lipinski definition) is 1. The van der Waals surface area contributed by atoms with Crippen molar-refractivity contribution in [2.24, 2.45) is 14.1 Å². The van der Waals surface area contributed by atoms with Gasteiger partial charge in [-0.25, -0.2) is 0 Å². The normalized spacial score (nSPS) is 11.4. The lowest BCUT2D eigenvalue weighted by molar-refractivity contribution is 0.102. The molecule has 0 aliphatic heterocycles. The Labute approximate surface area is 197 Å². The van der Waals surface area contributed by atoms with E-state index in [1.165, 1.54) is 23.2 Å². The number of amides is 1. The van der Waals surface area contributed by atoms with Crippen LogP contribution in [0.25, 0.3) is 11.0 Å². The topological polar surface area (TPSA) is 82.3 Å². The highest BCUT2D eigenvalue weighted by Crippen LogP contribution is 2.33. The molecule has 4 rings (SSSR count). The van der Waals surface area contributed by atoms with Gasteiger partial charge in [0.2, 0.25) is 0 Å². The summed E-state index contributed by atoms with van der Waals surface area (Å²) in [6.45, 7) is 6.34. The molecule has 0 aliphatic rings. The predicted octanol–water partition coefficient (Wildman–Crippen LogP) is 4.58. The number of carbonyl (C=O) groups is 1. The van der Waals surface area contributed by atoms with Gasteiger partial charge >= 0.3 is 11.1 Å². The predicted molar refractivity (Wildman–Crippen MR) is 134 cm³/mol. The molecule has 0 fully saturated rings. The van der Waals surface area contributed by atoms with E-state index in [-0.39, 0.29) is 11.3 Å². The van der Waals surface area contributed by atoms with E-state index in [0.717, 1.165) is 5.56 Å². The fraction of sp³-hybridized carbons (Fsp3) is 0.222. The van der Waals surface area contributed by atoms with Crippen molar-refractivity contribution in [1.82, 2.24) is 9.13 Å². The summed E-state index contributed by atoms with van der Waals surface area (Å²) in [4.78, 5) is 37.8. The van der Waals surface area contributed by atoms with Gasteiger partial charge in [-0.15, -0.1) is 0 Å². The van der Waals surface area contributed by atoms with Gasteiger partial charge in [-0.2, -0.15) is 0 Å². The molecule has 4 aromatic rings. The number of ether oxygens (including phenoxy) is 1. The molecule has 7 nitrogen and oxygen atoms in total. The van der Waals surface area contributed by atoms with Crippen LogP contribution in [0.1, 0.15) is 36.7 Å². The summed E-state index contributed by atoms with van der Waals surface area (Å²) in [5.41, 5.74) is 1.68. The number of nitrogens with one attached hydrogen (secondary N) is 1. The number of carbonyl (C=O) groups excluding carboxylic acids is 1. The minimum absolute atomic E-state index is 0.0230. The lowest BCUT2D eigenvalue weighted by atomic mass is 9.87. The van der Waals surface area contributed by atoms with Crippen LogP contribution in [0.4, 0.5) is 5.69 Å². The Balaban J connectivity index is 1.81. The molecule has 0 atom stereocenters. The van der Waals surface area contributed by atoms with E-state index in [2.05, 4.69) is 26.1 Å². The fourth-order valence-corrected chi connectivity index (χ4v) is 3.71. The average Bonchev–Trinajstić information content (AvgIpc) is 2.82. The zero-order valence-corrected chi connectivity index (χ0v) is 19.9. The highest BCUT2D eigenvalue weighted by molar-refractivity contribution is 6.06. The van der Waals surface area contributed by atoms with Gasteiger partial charge in [-0.1, -0.05) is 51.1 Å². The van der Waals surface area contributed by atoms with E-state index >= 15 is 0 Å². The van der Waals surface area contributed by atoms with Crippen LogP contribution in [0.5, 0.6) is 11.5 Å². The molecule has 7 heteroatoms. The molecule has 0 bridgehead atoms. The lowest BCUT2D eigenvalue weighted by Gasteiger charge is -2.19. The highest BCUT2D eigenvalue weighted by atomic mass is 16.5. The van der Waals surface area contributed by atoms with Gasteiger partial charge in [-0.05, 0) is 41.3 Å². The number of rotatable bonds is 4. The molecule has 1 amide bonds. The quantitative estimate of drug-likeness (QED) is 0.455. The maximum atomic E-state index is 13.1. The summed E-state index contributed by atoms with van der Waals surface area (Å²) >= 11 is 0. The van der Waals surface area contributed by atoms with Gasteiger partial charge in [0.1, 0.15) is 5.75 Å². The number of fused-ring (bicyclic) bond motifs is 1. The minimum atomic E-state index is -0.651. The third-order valence-corrected chi connectivity index (χ3v) is 5.82. The number of benzene rings is 3. The Hall–Kier alpha value is -4.13. The second-order valence-corrected chi connectivity index (χ2v) is 9.26. The van der Waals surface area contributed by atoms with Crippen LogP contribution in [0.3, 0.4) is 0 Å². The van der Waals surface area contributed by atoms with Crippen molar-refractivity contribution in [3.8, 4) is 11.5 Å². The number of para-hydroxylation sites is 1. The summed E-state index contributed by atoms with van der Waals surface area (Å²) in [5.74, 6) is 0.612. The molecule has 34 heavy (non-hydrogen) atoms. The number of hydrogen-bond acceptors (Lipinski definition) is 4. The van der Waals surface area contributed by atoms with Crippen molar-refractivity contribution in [2.45, 2.75) is 26.2 Å². The molecule has 3 aromatic carbocycles. The van der Waals surface area contributed by atoms with Crippen LogP contribution in [0.2, 0.25) is 0 Å². The first-order valence-corrected chi connectivity index (χ1v) is 10.9. The monoisotopic (exact) mass is 457 g/mol. The van der Waals surface area contributed by atoms with Gasteiger partial charge in [0.25, 0.3) is 5.91 Å². The van der Waals surface area contributed by atoms with Crippen LogP contribution in [0.15, 0.2) is 76.3 Å². The molecule has 174 valence electrons. The van der Waals surface area contributed by atoms with Gasteiger partial charge in [-0.3, -0.25) is 14.4 Å². The van der Waals surface area contributed by atoms with E-state index < -0.39 is 11.1 Å². The van der Waals surface area contributed by atoms with Crippen LogP contribution >= 0.6 is 0 Å². The van der Waals surface area contributed by atoms with Crippen molar-refractivity contribution in [1.29, 1.82) is 0 Å². The SMILES string of the molecule is Cn1c(=O)c(=O)n(C)c2cc(Oc3ccccc3)c(NC(=O)c3ccc(C(C)(C)C)cc3)cc21. The second-order valence-electron chi connectivity index (χ2n) is 9.26. The van der Waals surface area contributed by atoms with Crippen LogP contribution in [-0.4, -0.2) is 15.0 Å². The first-order chi connectivity index (χ1) is 16.1. The minimum Gasteiger partial charge on any atom is -0.455 e. The number of anilines is 1. The van der Waals surface area contributed by atoms with Crippen molar-refractivity contribution >= 4 is 22.6 Å². The van der Waals surface area contributed by atoms with Gasteiger partial charge in [0.05, 0.1) is 16.7 Å². The molecule has 0 saturated carbocycles. The van der Waals surface area contributed by atoms with E-state index in [1.54, 1.807) is 36.4 Å². The Morgan fingerprint density at radius 3 is 1.94 bits per heavy atom. The lowest BCUT2D eigenvalue weighted by Crippen LogP contribution is -2.39. The summed E-state index contributed by atoms with van der Waals surface area (Å²) in [5, 5.41) is 2.91. The molecule has 0 radical (unpaired) electrons. The third kappa shape index (κ3) is 4.37. The molecule has 1 aromatic heterocycles. The van der Waals surface area contributed by atoms with E-state index in [4.69, 9.17) is 4.74 Å². The van der Waals surface area contributed by atoms with Crippen molar-refractivity contribution < 1.29 is 9.53 Å². The summed E-state index contributed by atoms with van der Waals surface area (Å²) < 4.78 is 8.63. The third-order valence-electron chi connectivity index (χ3n) is 5.82. The van der Waals surface area contributed by atoms with E-state index in [0.29, 0.717) is 33.8 Å². The first kappa shape index (κ1) is 23.0. The maximum Gasteiger partial charge on any atom is 0.316 e. The maximum absolute atomic E-state index is 13.1. The Morgan fingerprint density at radius 2 is 1.38 bits per heavy atom. The van der Waals surface area contributed by atoms with Crippen molar-refractivity contribution in [3.63, 3.8) is 0 Å². The Morgan fingerprint density at radius 1 is 0.824 bits per heavy atom. The number of aryl methyl sites for hydroxylation is 2. The van der Waals surface area contributed by atoms with Gasteiger partial charge in [0.15, 0.2) is 5.75 Å². The van der Waals surface area contributed by atoms with Gasteiger partial charge in [0, 0.05) is 25.7 Å². The zero-order valence-electron chi connectivity index (χ0n) is 19.9. The van der Waals surface area contributed by atoms with E-state index in [9.17, 15) is 14.4 Å². The number of aromatic nitrogens is 2. The Bertz CT molecular complexity index is 1490. The van der Waals surface area contributed by atoms with Crippen LogP contribution < -0.4 is 21.2 Å².